The Hall–Kier alpha value is -2.24. The number of carbonyl (C=O) groups excluding carboxylic acids is 2. The van der Waals surface area contributed by atoms with E-state index in [9.17, 15) is 9.59 Å². The van der Waals surface area contributed by atoms with Gasteiger partial charge in [-0.1, -0.05) is 6.07 Å². The summed E-state index contributed by atoms with van der Waals surface area (Å²) in [6, 6.07) is 5.00. The van der Waals surface area contributed by atoms with Gasteiger partial charge in [-0.15, -0.1) is 0 Å². The number of nitrogens with one attached hydrogen (secondary N) is 2. The molecule has 0 bridgehead atoms. The molecule has 1 aromatic rings. The summed E-state index contributed by atoms with van der Waals surface area (Å²) in [5.41, 5.74) is 0.357. The molecule has 0 aliphatic rings. The normalized spacial score (nSPS) is 12.3. The van der Waals surface area contributed by atoms with Gasteiger partial charge in [-0.05, 0) is 45.4 Å². The van der Waals surface area contributed by atoms with Gasteiger partial charge < -0.3 is 20.1 Å². The van der Waals surface area contributed by atoms with Gasteiger partial charge in [-0.2, -0.15) is 0 Å². The van der Waals surface area contributed by atoms with Crippen LogP contribution in [0.1, 0.15) is 39.3 Å². The maximum Gasteiger partial charge on any atom is 0.309 e. The van der Waals surface area contributed by atoms with Gasteiger partial charge in [-0.3, -0.25) is 9.59 Å². The molecule has 6 heteroatoms. The summed E-state index contributed by atoms with van der Waals surface area (Å²) >= 11 is 0. The molecule has 0 aliphatic heterocycles. The summed E-state index contributed by atoms with van der Waals surface area (Å²) in [5, 5.41) is 5.28. The van der Waals surface area contributed by atoms with Crippen LogP contribution in [-0.2, 0) is 9.59 Å². The van der Waals surface area contributed by atoms with Crippen LogP contribution in [0.4, 0.5) is 0 Å². The van der Waals surface area contributed by atoms with Gasteiger partial charge in [0.2, 0.25) is 0 Å². The van der Waals surface area contributed by atoms with E-state index in [1.807, 2.05) is 26.8 Å². The summed E-state index contributed by atoms with van der Waals surface area (Å²) in [6.07, 6.45) is 0. The molecule has 6 nitrogen and oxygen atoms in total. The highest BCUT2D eigenvalue weighted by atomic mass is 16.5. The van der Waals surface area contributed by atoms with E-state index in [1.54, 1.807) is 33.3 Å². The van der Waals surface area contributed by atoms with Crippen LogP contribution in [0.3, 0.4) is 0 Å². The predicted molar refractivity (Wildman–Crippen MR) is 84.0 cm³/mol. The Bertz CT molecular complexity index is 550. The Morgan fingerprint density at radius 3 is 2.14 bits per heavy atom. The van der Waals surface area contributed by atoms with Crippen LogP contribution in [0.15, 0.2) is 18.2 Å². The SMILES string of the molecule is COc1ccc(C(C)NC(=O)C(=O)NC(C)(C)C)cc1OC. The van der Waals surface area contributed by atoms with Crippen molar-refractivity contribution < 1.29 is 19.1 Å². The molecular weight excluding hydrogens is 284 g/mol. The molecule has 0 heterocycles. The molecule has 0 aliphatic carbocycles. The van der Waals surface area contributed by atoms with Gasteiger partial charge in [-0.25, -0.2) is 0 Å². The Balaban J connectivity index is 2.78. The van der Waals surface area contributed by atoms with Gasteiger partial charge in [0.1, 0.15) is 0 Å². The van der Waals surface area contributed by atoms with Crippen molar-refractivity contribution in [3.63, 3.8) is 0 Å². The van der Waals surface area contributed by atoms with E-state index in [4.69, 9.17) is 9.47 Å². The molecular formula is C16H24N2O4. The first-order valence-corrected chi connectivity index (χ1v) is 7.03. The number of hydrogen-bond donors (Lipinski definition) is 2. The lowest BCUT2D eigenvalue weighted by Gasteiger charge is -2.21. The van der Waals surface area contributed by atoms with Crippen molar-refractivity contribution in [2.75, 3.05) is 14.2 Å². The third-order valence-corrected chi connectivity index (χ3v) is 2.95. The molecule has 122 valence electrons. The standard InChI is InChI=1S/C16H24N2O4/c1-10(17-14(19)15(20)18-16(2,3)4)11-7-8-12(21-5)13(9-11)22-6/h7-10H,1-6H3,(H,17,19)(H,18,20). The summed E-state index contributed by atoms with van der Waals surface area (Å²) < 4.78 is 10.4. The van der Waals surface area contributed by atoms with E-state index in [2.05, 4.69) is 10.6 Å². The topological polar surface area (TPSA) is 76.7 Å². The first kappa shape index (κ1) is 17.8. The highest BCUT2D eigenvalue weighted by molar-refractivity contribution is 6.35. The number of hydrogen-bond acceptors (Lipinski definition) is 4. The molecule has 2 amide bonds. The minimum atomic E-state index is -0.669. The van der Waals surface area contributed by atoms with E-state index < -0.39 is 17.4 Å². The fourth-order valence-electron chi connectivity index (χ4n) is 1.87. The van der Waals surface area contributed by atoms with Gasteiger partial charge in [0.05, 0.1) is 20.3 Å². The monoisotopic (exact) mass is 308 g/mol. The van der Waals surface area contributed by atoms with Crippen molar-refractivity contribution >= 4 is 11.8 Å². The molecule has 0 spiro atoms. The van der Waals surface area contributed by atoms with Gasteiger partial charge in [0, 0.05) is 5.54 Å². The molecule has 0 radical (unpaired) electrons. The number of methoxy groups -OCH3 is 2. The average molecular weight is 308 g/mol. The lowest BCUT2D eigenvalue weighted by Crippen LogP contribution is -2.48. The van der Waals surface area contributed by atoms with Crippen molar-refractivity contribution in [2.24, 2.45) is 0 Å². The highest BCUT2D eigenvalue weighted by Crippen LogP contribution is 2.29. The second kappa shape index (κ2) is 7.15. The molecule has 0 aromatic heterocycles. The van der Waals surface area contributed by atoms with E-state index in [-0.39, 0.29) is 6.04 Å². The fourth-order valence-corrected chi connectivity index (χ4v) is 1.87. The van der Waals surface area contributed by atoms with Crippen molar-refractivity contribution in [3.05, 3.63) is 23.8 Å². The van der Waals surface area contributed by atoms with Crippen LogP contribution in [0.5, 0.6) is 11.5 Å². The Kier molecular flexibility index (Phi) is 5.79. The largest absolute Gasteiger partial charge is 0.493 e. The summed E-state index contributed by atoms with van der Waals surface area (Å²) in [6.45, 7) is 7.24. The minimum Gasteiger partial charge on any atom is -0.493 e. The molecule has 1 aromatic carbocycles. The van der Waals surface area contributed by atoms with E-state index in [1.165, 1.54) is 0 Å². The number of benzene rings is 1. The quantitative estimate of drug-likeness (QED) is 0.832. The number of amides is 2. The molecule has 1 rings (SSSR count). The van der Waals surface area contributed by atoms with E-state index in [0.29, 0.717) is 11.5 Å². The molecule has 0 saturated carbocycles. The van der Waals surface area contributed by atoms with Crippen molar-refractivity contribution in [2.45, 2.75) is 39.3 Å². The zero-order chi connectivity index (χ0) is 16.9. The molecule has 0 saturated heterocycles. The molecule has 2 N–H and O–H groups in total. The van der Waals surface area contributed by atoms with Crippen LogP contribution >= 0.6 is 0 Å². The third kappa shape index (κ3) is 4.95. The van der Waals surface area contributed by atoms with Crippen LogP contribution in [0, 0.1) is 0 Å². The van der Waals surface area contributed by atoms with Crippen molar-refractivity contribution in [1.82, 2.24) is 10.6 Å². The van der Waals surface area contributed by atoms with Crippen molar-refractivity contribution in [1.29, 1.82) is 0 Å². The third-order valence-electron chi connectivity index (χ3n) is 2.95. The molecule has 22 heavy (non-hydrogen) atoms. The van der Waals surface area contributed by atoms with Gasteiger partial charge in [0.25, 0.3) is 0 Å². The predicted octanol–water partition coefficient (Wildman–Crippen LogP) is 1.80. The second-order valence-electron chi connectivity index (χ2n) is 6.01. The average Bonchev–Trinajstić information content (AvgIpc) is 2.44. The smallest absolute Gasteiger partial charge is 0.309 e. The maximum absolute atomic E-state index is 11.9. The highest BCUT2D eigenvalue weighted by Gasteiger charge is 2.22. The molecule has 0 fully saturated rings. The number of ether oxygens (including phenoxy) is 2. The van der Waals surface area contributed by atoms with E-state index >= 15 is 0 Å². The van der Waals surface area contributed by atoms with Crippen LogP contribution in [0.2, 0.25) is 0 Å². The van der Waals surface area contributed by atoms with Gasteiger partial charge >= 0.3 is 11.8 Å². The summed E-state index contributed by atoms with van der Waals surface area (Å²) in [5.74, 6) is -0.146. The van der Waals surface area contributed by atoms with Gasteiger partial charge in [0.15, 0.2) is 11.5 Å². The summed E-state index contributed by atoms with van der Waals surface area (Å²) in [7, 11) is 3.10. The Labute approximate surface area is 131 Å². The number of rotatable bonds is 4. The van der Waals surface area contributed by atoms with Crippen LogP contribution in [0.25, 0.3) is 0 Å². The molecule has 1 atom stereocenters. The fraction of sp³-hybridized carbons (Fsp3) is 0.500. The second-order valence-corrected chi connectivity index (χ2v) is 6.01. The number of carbonyl (C=O) groups is 2. The van der Waals surface area contributed by atoms with Crippen molar-refractivity contribution in [3.8, 4) is 11.5 Å². The Morgan fingerprint density at radius 2 is 1.64 bits per heavy atom. The lowest BCUT2D eigenvalue weighted by atomic mass is 10.1. The summed E-state index contributed by atoms with van der Waals surface area (Å²) in [4.78, 5) is 23.7. The zero-order valence-electron chi connectivity index (χ0n) is 13.9. The minimum absolute atomic E-state index is 0.335. The lowest BCUT2D eigenvalue weighted by molar-refractivity contribution is -0.140. The van der Waals surface area contributed by atoms with Crippen LogP contribution in [-0.4, -0.2) is 31.6 Å². The molecule has 1 unspecified atom stereocenters. The van der Waals surface area contributed by atoms with E-state index in [0.717, 1.165) is 5.56 Å². The zero-order valence-corrected chi connectivity index (χ0v) is 13.9. The van der Waals surface area contributed by atoms with Crippen LogP contribution < -0.4 is 20.1 Å². The first-order chi connectivity index (χ1) is 10.2. The Morgan fingerprint density at radius 1 is 1.05 bits per heavy atom. The first-order valence-electron chi connectivity index (χ1n) is 7.03. The maximum atomic E-state index is 11.9.